The van der Waals surface area contributed by atoms with Crippen LogP contribution in [0.15, 0.2) is 29.2 Å². The fourth-order valence-electron chi connectivity index (χ4n) is 2.45. The summed E-state index contributed by atoms with van der Waals surface area (Å²) < 4.78 is 34.9. The van der Waals surface area contributed by atoms with Crippen LogP contribution in [0.1, 0.15) is 32.1 Å². The molecule has 1 aromatic carbocycles. The number of ether oxygens (including phenoxy) is 2. The Bertz CT molecular complexity index is 975. The van der Waals surface area contributed by atoms with Crippen molar-refractivity contribution in [2.24, 2.45) is 12.2 Å². The zero-order valence-electron chi connectivity index (χ0n) is 14.9. The molecular weight excluding hydrogens is 360 g/mol. The number of benzene rings is 1. The van der Waals surface area contributed by atoms with Crippen molar-refractivity contribution in [2.45, 2.75) is 18.7 Å². The highest BCUT2D eigenvalue weighted by molar-refractivity contribution is 7.89. The number of aryl methyl sites for hydroxylation is 1. The maximum atomic E-state index is 12.3. The third-order valence-electron chi connectivity index (χ3n) is 4.13. The summed E-state index contributed by atoms with van der Waals surface area (Å²) >= 11 is 0. The highest BCUT2D eigenvalue weighted by atomic mass is 32.2. The summed E-state index contributed by atoms with van der Waals surface area (Å²) in [5, 5.41) is 5.07. The lowest BCUT2D eigenvalue weighted by atomic mass is 10.1. The SMILES string of the molecule is COc1ccc(S(N)(=O)=O)cc1C(=O)OCC(=O)c1cc(C)n(C)c1C. The number of carbonyl (C=O) groups excluding carboxylic acids is 2. The monoisotopic (exact) mass is 380 g/mol. The number of hydrogen-bond donors (Lipinski definition) is 1. The predicted molar refractivity (Wildman–Crippen MR) is 93.9 cm³/mol. The van der Waals surface area contributed by atoms with Gasteiger partial charge in [-0.25, -0.2) is 18.4 Å². The number of ketones is 1. The van der Waals surface area contributed by atoms with Gasteiger partial charge in [-0.1, -0.05) is 0 Å². The zero-order chi connectivity index (χ0) is 19.6. The molecule has 0 aliphatic carbocycles. The Labute approximate surface area is 151 Å². The average Bonchev–Trinajstić information content (AvgIpc) is 2.85. The van der Waals surface area contributed by atoms with E-state index in [2.05, 4.69) is 0 Å². The summed E-state index contributed by atoms with van der Waals surface area (Å²) in [5.74, 6) is -1.13. The summed E-state index contributed by atoms with van der Waals surface area (Å²) in [6, 6.07) is 5.28. The third kappa shape index (κ3) is 3.94. The lowest BCUT2D eigenvalue weighted by Crippen LogP contribution is -2.17. The molecule has 1 aromatic heterocycles. The molecule has 0 fully saturated rings. The van der Waals surface area contributed by atoms with Gasteiger partial charge in [-0.3, -0.25) is 4.79 Å². The van der Waals surface area contributed by atoms with Crippen molar-refractivity contribution in [2.75, 3.05) is 13.7 Å². The molecule has 0 bridgehead atoms. The van der Waals surface area contributed by atoms with Gasteiger partial charge in [0.1, 0.15) is 11.3 Å². The first-order valence-electron chi connectivity index (χ1n) is 7.60. The van der Waals surface area contributed by atoms with E-state index >= 15 is 0 Å². The first-order chi connectivity index (χ1) is 12.1. The van der Waals surface area contributed by atoms with E-state index in [1.807, 2.05) is 18.5 Å². The van der Waals surface area contributed by atoms with Gasteiger partial charge in [0.2, 0.25) is 15.8 Å². The van der Waals surface area contributed by atoms with Crippen LogP contribution in [0.4, 0.5) is 0 Å². The zero-order valence-corrected chi connectivity index (χ0v) is 15.7. The van der Waals surface area contributed by atoms with Gasteiger partial charge >= 0.3 is 5.97 Å². The molecule has 0 aliphatic rings. The summed E-state index contributed by atoms with van der Waals surface area (Å²) in [4.78, 5) is 24.4. The maximum absolute atomic E-state index is 12.3. The van der Waals surface area contributed by atoms with Crippen molar-refractivity contribution in [3.63, 3.8) is 0 Å². The molecule has 2 aromatic rings. The fraction of sp³-hybridized carbons (Fsp3) is 0.294. The number of primary sulfonamides is 1. The van der Waals surface area contributed by atoms with E-state index in [0.29, 0.717) is 5.56 Å². The number of methoxy groups -OCH3 is 1. The minimum absolute atomic E-state index is 0.113. The van der Waals surface area contributed by atoms with Crippen LogP contribution < -0.4 is 9.88 Å². The summed E-state index contributed by atoms with van der Waals surface area (Å²) in [6.45, 7) is 3.17. The van der Waals surface area contributed by atoms with Crippen LogP contribution in [0.2, 0.25) is 0 Å². The minimum atomic E-state index is -4.00. The molecule has 140 valence electrons. The summed E-state index contributed by atoms with van der Waals surface area (Å²) in [7, 11) is -0.845. The molecule has 1 heterocycles. The van der Waals surface area contributed by atoms with Crippen LogP contribution in [0.5, 0.6) is 5.75 Å². The Morgan fingerprint density at radius 1 is 1.15 bits per heavy atom. The molecule has 0 amide bonds. The molecule has 0 atom stereocenters. The van der Waals surface area contributed by atoms with E-state index < -0.39 is 22.6 Å². The van der Waals surface area contributed by atoms with Gasteiger partial charge in [0.25, 0.3) is 0 Å². The molecule has 0 aliphatic heterocycles. The molecule has 0 saturated carbocycles. The molecule has 2 N–H and O–H groups in total. The molecule has 8 nitrogen and oxygen atoms in total. The van der Waals surface area contributed by atoms with Gasteiger partial charge in [0, 0.05) is 24.0 Å². The number of nitrogens with two attached hydrogens (primary N) is 1. The Morgan fingerprint density at radius 2 is 1.81 bits per heavy atom. The van der Waals surface area contributed by atoms with E-state index in [-0.39, 0.29) is 22.0 Å². The van der Waals surface area contributed by atoms with E-state index in [9.17, 15) is 18.0 Å². The number of esters is 1. The Morgan fingerprint density at radius 3 is 2.31 bits per heavy atom. The standard InChI is InChI=1S/C17H20N2O6S/c1-10-7-13(11(2)19(10)3)15(20)9-25-17(21)14-8-12(26(18,22)23)5-6-16(14)24-4/h5-8H,9H2,1-4H3,(H2,18,22,23). The van der Waals surface area contributed by atoms with Gasteiger partial charge in [-0.05, 0) is 38.1 Å². The molecule has 0 radical (unpaired) electrons. The van der Waals surface area contributed by atoms with Gasteiger partial charge < -0.3 is 14.0 Å². The first-order valence-corrected chi connectivity index (χ1v) is 9.15. The third-order valence-corrected chi connectivity index (χ3v) is 5.04. The summed E-state index contributed by atoms with van der Waals surface area (Å²) in [6.07, 6.45) is 0. The average molecular weight is 380 g/mol. The molecule has 0 spiro atoms. The van der Waals surface area contributed by atoms with Crippen LogP contribution in [-0.2, 0) is 21.8 Å². The highest BCUT2D eigenvalue weighted by Gasteiger charge is 2.21. The Kier molecular flexibility index (Phi) is 5.53. The topological polar surface area (TPSA) is 118 Å². The maximum Gasteiger partial charge on any atom is 0.342 e. The quantitative estimate of drug-likeness (QED) is 0.597. The number of aromatic nitrogens is 1. The molecule has 0 saturated heterocycles. The Balaban J connectivity index is 2.22. The van der Waals surface area contributed by atoms with Crippen LogP contribution in [-0.4, -0.2) is 38.5 Å². The number of rotatable bonds is 6. The molecule has 9 heteroatoms. The second-order valence-electron chi connectivity index (χ2n) is 5.75. The number of sulfonamides is 1. The van der Waals surface area contributed by atoms with E-state index in [1.54, 1.807) is 13.0 Å². The van der Waals surface area contributed by atoms with Gasteiger partial charge in [0.05, 0.1) is 12.0 Å². The van der Waals surface area contributed by atoms with Crippen LogP contribution in [0.3, 0.4) is 0 Å². The molecule has 26 heavy (non-hydrogen) atoms. The van der Waals surface area contributed by atoms with Crippen molar-refractivity contribution in [3.05, 3.63) is 46.8 Å². The fourth-order valence-corrected chi connectivity index (χ4v) is 2.99. The molecule has 0 unspecified atom stereocenters. The normalized spacial score (nSPS) is 11.3. The van der Waals surface area contributed by atoms with Gasteiger partial charge in [0.15, 0.2) is 6.61 Å². The molecule has 2 rings (SSSR count). The van der Waals surface area contributed by atoms with Crippen LogP contribution in [0, 0.1) is 13.8 Å². The van der Waals surface area contributed by atoms with Crippen molar-refractivity contribution < 1.29 is 27.5 Å². The number of hydrogen-bond acceptors (Lipinski definition) is 6. The smallest absolute Gasteiger partial charge is 0.342 e. The van der Waals surface area contributed by atoms with Crippen molar-refractivity contribution in [1.82, 2.24) is 4.57 Å². The van der Waals surface area contributed by atoms with E-state index in [0.717, 1.165) is 17.5 Å². The van der Waals surface area contributed by atoms with Crippen LogP contribution >= 0.6 is 0 Å². The van der Waals surface area contributed by atoms with Crippen LogP contribution in [0.25, 0.3) is 0 Å². The Hall–Kier alpha value is -2.65. The number of Topliss-reactive ketones (excluding diaryl/α,β-unsaturated/α-hetero) is 1. The van der Waals surface area contributed by atoms with E-state index in [1.165, 1.54) is 19.2 Å². The number of nitrogens with zero attached hydrogens (tertiary/aromatic N) is 1. The lowest BCUT2D eigenvalue weighted by Gasteiger charge is -2.10. The summed E-state index contributed by atoms with van der Waals surface area (Å²) in [5.41, 5.74) is 1.99. The minimum Gasteiger partial charge on any atom is -0.496 e. The number of carbonyl (C=O) groups is 2. The first kappa shape index (κ1) is 19.7. The van der Waals surface area contributed by atoms with Gasteiger partial charge in [-0.2, -0.15) is 0 Å². The molecular formula is C17H20N2O6S. The van der Waals surface area contributed by atoms with Crippen molar-refractivity contribution >= 4 is 21.8 Å². The largest absolute Gasteiger partial charge is 0.496 e. The second-order valence-corrected chi connectivity index (χ2v) is 7.31. The van der Waals surface area contributed by atoms with Crippen molar-refractivity contribution in [1.29, 1.82) is 0 Å². The van der Waals surface area contributed by atoms with Gasteiger partial charge in [-0.15, -0.1) is 0 Å². The highest BCUT2D eigenvalue weighted by Crippen LogP contribution is 2.23. The predicted octanol–water partition coefficient (Wildman–Crippen LogP) is 1.34. The second kappa shape index (κ2) is 7.30. The lowest BCUT2D eigenvalue weighted by molar-refractivity contribution is 0.0471. The van der Waals surface area contributed by atoms with Crippen molar-refractivity contribution in [3.8, 4) is 5.75 Å². The van der Waals surface area contributed by atoms with E-state index in [4.69, 9.17) is 14.6 Å².